The molecule has 14 heavy (non-hydrogen) atoms. The summed E-state index contributed by atoms with van der Waals surface area (Å²) in [7, 11) is 0. The Bertz CT molecular complexity index is 432. The number of fused-ring (bicyclic) bond motifs is 1. The minimum absolute atomic E-state index is 0. The van der Waals surface area contributed by atoms with Crippen molar-refractivity contribution < 1.29 is 19.5 Å². The predicted molar refractivity (Wildman–Crippen MR) is 54.9 cm³/mol. The van der Waals surface area contributed by atoms with E-state index >= 15 is 0 Å². The Morgan fingerprint density at radius 2 is 2.21 bits per heavy atom. The molecular weight excluding hydrogens is 277 g/mol. The van der Waals surface area contributed by atoms with Gasteiger partial charge in [-0.1, -0.05) is 0 Å². The molecule has 2 rings (SSSR count). The Labute approximate surface area is 102 Å². The summed E-state index contributed by atoms with van der Waals surface area (Å²) in [6, 6.07) is 6.22. The molecule has 0 atom stereocenters. The molecule has 2 heteroatoms. The average molecular weight is 284 g/mol. The maximum atomic E-state index is 6.68. The summed E-state index contributed by atoms with van der Waals surface area (Å²) in [6.45, 7) is 0. The van der Waals surface area contributed by atoms with E-state index in [0.717, 1.165) is 12.0 Å². The van der Waals surface area contributed by atoms with Crippen LogP contribution in [-0.4, -0.2) is 5.75 Å². The third-order valence-corrected chi connectivity index (χ3v) is 3.08. The van der Waals surface area contributed by atoms with Crippen molar-refractivity contribution in [3.05, 3.63) is 35.7 Å². The van der Waals surface area contributed by atoms with Crippen LogP contribution in [-0.2, 0) is 25.9 Å². The van der Waals surface area contributed by atoms with E-state index in [2.05, 4.69) is 29.9 Å². The third-order valence-electron chi connectivity index (χ3n) is 1.96. The second-order valence-corrected chi connectivity index (χ2v) is 3.93. The molecule has 69 valence electrons. The molecule has 0 saturated heterocycles. The van der Waals surface area contributed by atoms with Gasteiger partial charge in [-0.2, -0.15) is 5.92 Å². The molecule has 1 aliphatic rings. The summed E-state index contributed by atoms with van der Waals surface area (Å²) < 4.78 is 0. The van der Waals surface area contributed by atoms with E-state index in [1.54, 1.807) is 0 Å². The first-order chi connectivity index (χ1) is 6.40. The van der Waals surface area contributed by atoms with E-state index < -0.39 is 0 Å². The van der Waals surface area contributed by atoms with Crippen molar-refractivity contribution in [1.29, 1.82) is 0 Å². The van der Waals surface area contributed by atoms with Crippen LogP contribution in [0.1, 0.15) is 11.1 Å². The van der Waals surface area contributed by atoms with Crippen LogP contribution >= 0.6 is 11.8 Å². The van der Waals surface area contributed by atoms with Crippen molar-refractivity contribution in [3.8, 4) is 17.8 Å². The first-order valence-electron chi connectivity index (χ1n) is 4.08. The molecule has 0 bridgehead atoms. The number of hydrogen-bond acceptors (Lipinski definition) is 1. The Hall–Kier alpha value is -0.687. The molecule has 0 unspecified atom stereocenters. The summed E-state index contributed by atoms with van der Waals surface area (Å²) in [6.07, 6.45) is 7.82. The second-order valence-electron chi connectivity index (χ2n) is 2.80. The van der Waals surface area contributed by atoms with Crippen molar-refractivity contribution in [2.24, 2.45) is 0 Å². The minimum Gasteiger partial charge on any atom is -0.358 e. The molecule has 1 aromatic rings. The van der Waals surface area contributed by atoms with Crippen LogP contribution in [0, 0.1) is 24.2 Å². The summed E-state index contributed by atoms with van der Waals surface area (Å²) in [4.78, 5) is 1.38. The summed E-state index contributed by atoms with van der Waals surface area (Å²) >= 11 is 1.90. The fourth-order valence-corrected chi connectivity index (χ4v) is 2.42. The normalized spacial score (nSPS) is 11.6. The minimum atomic E-state index is 0. The first kappa shape index (κ1) is 11.4. The van der Waals surface area contributed by atoms with Gasteiger partial charge in [0.15, 0.2) is 0 Å². The SMILES string of the molecule is [C-]#CC#Cc1ccc2c(c1)CCS2.[Ru+]. The molecule has 1 aliphatic heterocycles. The van der Waals surface area contributed by atoms with E-state index in [4.69, 9.17) is 6.42 Å². The molecule has 1 radical (unpaired) electrons. The monoisotopic (exact) mass is 285 g/mol. The van der Waals surface area contributed by atoms with Gasteiger partial charge in [-0.3, -0.25) is 5.92 Å². The standard InChI is InChI=1S/C12H7S.Ru/c1-2-3-4-10-5-6-12-11(9-10)7-8-13-12;/h5-6,9H,7-8H2;/q-1;+1. The van der Waals surface area contributed by atoms with Crippen molar-refractivity contribution >= 4 is 11.8 Å². The fraction of sp³-hybridized carbons (Fsp3) is 0.167. The van der Waals surface area contributed by atoms with Crippen LogP contribution in [0.2, 0.25) is 0 Å². The summed E-state index contributed by atoms with van der Waals surface area (Å²) in [5, 5.41) is 0. The number of rotatable bonds is 0. The third kappa shape index (κ3) is 2.42. The van der Waals surface area contributed by atoms with Crippen molar-refractivity contribution in [1.82, 2.24) is 0 Å². The number of benzene rings is 1. The zero-order valence-corrected chi connectivity index (χ0v) is 9.96. The molecule has 0 saturated carbocycles. The average Bonchev–Trinajstić information content (AvgIpc) is 2.61. The zero-order chi connectivity index (χ0) is 9.10. The smallest absolute Gasteiger partial charge is 0.358 e. The molecule has 0 aromatic heterocycles. The van der Waals surface area contributed by atoms with Gasteiger partial charge in [0, 0.05) is 16.2 Å². The van der Waals surface area contributed by atoms with Gasteiger partial charge in [-0.25, -0.2) is 5.92 Å². The topological polar surface area (TPSA) is 0 Å². The molecule has 1 heterocycles. The number of thioether (sulfide) groups is 1. The maximum Gasteiger partial charge on any atom is 1.00 e. The van der Waals surface area contributed by atoms with Crippen LogP contribution in [0.25, 0.3) is 0 Å². The molecule has 0 amide bonds. The Morgan fingerprint density at radius 3 is 3.00 bits per heavy atom. The van der Waals surface area contributed by atoms with Gasteiger partial charge in [0.2, 0.25) is 0 Å². The fourth-order valence-electron chi connectivity index (χ4n) is 1.37. The molecule has 1 aromatic carbocycles. The molecule has 0 nitrogen and oxygen atoms in total. The van der Waals surface area contributed by atoms with Gasteiger partial charge in [-0.05, 0) is 30.2 Å². The molecular formula is C12H7RuS. The molecule has 0 aliphatic carbocycles. The quantitative estimate of drug-likeness (QED) is 0.400. The van der Waals surface area contributed by atoms with Crippen LogP contribution in [0.3, 0.4) is 0 Å². The van der Waals surface area contributed by atoms with Crippen molar-refractivity contribution in [3.63, 3.8) is 0 Å². The van der Waals surface area contributed by atoms with Gasteiger partial charge in [0.1, 0.15) is 0 Å². The second kappa shape index (κ2) is 5.26. The van der Waals surface area contributed by atoms with Gasteiger partial charge in [0.05, 0.1) is 0 Å². The predicted octanol–water partition coefficient (Wildman–Crippen LogP) is 2.27. The van der Waals surface area contributed by atoms with Crippen molar-refractivity contribution in [2.75, 3.05) is 5.75 Å². The maximum absolute atomic E-state index is 6.68. The van der Waals surface area contributed by atoms with Crippen LogP contribution in [0.4, 0.5) is 0 Å². The Balaban J connectivity index is 0.000000980. The largest absolute Gasteiger partial charge is 1.00 e. The van der Waals surface area contributed by atoms with Crippen molar-refractivity contribution in [2.45, 2.75) is 11.3 Å². The van der Waals surface area contributed by atoms with Gasteiger partial charge in [-0.15, -0.1) is 11.8 Å². The van der Waals surface area contributed by atoms with E-state index in [1.165, 1.54) is 16.2 Å². The van der Waals surface area contributed by atoms with E-state index in [1.807, 2.05) is 17.8 Å². The Morgan fingerprint density at radius 1 is 1.36 bits per heavy atom. The van der Waals surface area contributed by atoms with Gasteiger partial charge < -0.3 is 6.42 Å². The first-order valence-corrected chi connectivity index (χ1v) is 5.07. The number of aryl methyl sites for hydroxylation is 1. The summed E-state index contributed by atoms with van der Waals surface area (Å²) in [5.74, 6) is 8.63. The number of hydrogen-bond donors (Lipinski definition) is 0. The Kier molecular flexibility index (Phi) is 4.28. The zero-order valence-electron chi connectivity index (χ0n) is 7.41. The van der Waals surface area contributed by atoms with Gasteiger partial charge in [0.25, 0.3) is 0 Å². The molecule has 0 fully saturated rings. The van der Waals surface area contributed by atoms with Crippen LogP contribution in [0.5, 0.6) is 0 Å². The van der Waals surface area contributed by atoms with Crippen LogP contribution in [0.15, 0.2) is 23.1 Å². The molecule has 0 N–H and O–H groups in total. The van der Waals surface area contributed by atoms with Crippen LogP contribution < -0.4 is 0 Å². The van der Waals surface area contributed by atoms with E-state index in [0.29, 0.717) is 0 Å². The van der Waals surface area contributed by atoms with E-state index in [-0.39, 0.29) is 19.5 Å². The molecule has 0 spiro atoms. The van der Waals surface area contributed by atoms with Gasteiger partial charge >= 0.3 is 19.5 Å². The summed E-state index contributed by atoms with van der Waals surface area (Å²) in [5.41, 5.74) is 2.38. The van der Waals surface area contributed by atoms with E-state index in [9.17, 15) is 0 Å².